The van der Waals surface area contributed by atoms with Crippen molar-refractivity contribution in [3.8, 4) is 0 Å². The van der Waals surface area contributed by atoms with Crippen molar-refractivity contribution in [3.05, 3.63) is 18.0 Å². The molecule has 3 unspecified atom stereocenters. The summed E-state index contributed by atoms with van der Waals surface area (Å²) in [4.78, 5) is 0. The molecular formula is C9H14N2O. The lowest BCUT2D eigenvalue weighted by atomic mass is 9.69. The minimum atomic E-state index is -0.102. The second kappa shape index (κ2) is 2.59. The van der Waals surface area contributed by atoms with Crippen LogP contribution in [0.4, 0.5) is 0 Å². The van der Waals surface area contributed by atoms with Gasteiger partial charge in [0.2, 0.25) is 0 Å². The highest BCUT2D eigenvalue weighted by molar-refractivity contribution is 5.17. The Hall–Kier alpha value is -0.830. The molecule has 1 aromatic heterocycles. The molecule has 3 nitrogen and oxygen atoms in total. The van der Waals surface area contributed by atoms with Crippen LogP contribution >= 0.6 is 0 Å². The summed E-state index contributed by atoms with van der Waals surface area (Å²) >= 11 is 0. The molecular weight excluding hydrogens is 152 g/mol. The van der Waals surface area contributed by atoms with Gasteiger partial charge in [0.05, 0.1) is 12.3 Å². The Morgan fingerprint density at radius 3 is 2.83 bits per heavy atom. The number of aryl methyl sites for hydroxylation is 1. The molecule has 0 saturated heterocycles. The van der Waals surface area contributed by atoms with E-state index in [-0.39, 0.29) is 6.10 Å². The Balaban J connectivity index is 2.12. The van der Waals surface area contributed by atoms with Crippen LogP contribution in [0.3, 0.4) is 0 Å². The number of nitrogens with zero attached hydrogens (tertiary/aromatic N) is 2. The first kappa shape index (κ1) is 7.80. The van der Waals surface area contributed by atoms with Crippen molar-refractivity contribution < 1.29 is 5.11 Å². The van der Waals surface area contributed by atoms with E-state index >= 15 is 0 Å². The SMILES string of the molecule is CC1C(O)CC1c1cnn(C)c1. The average Bonchev–Trinajstić information content (AvgIpc) is 2.46. The fourth-order valence-corrected chi connectivity index (χ4v) is 1.83. The van der Waals surface area contributed by atoms with Gasteiger partial charge in [0.1, 0.15) is 0 Å². The third-order valence-corrected chi connectivity index (χ3v) is 2.89. The molecule has 12 heavy (non-hydrogen) atoms. The normalized spacial score (nSPS) is 34.8. The largest absolute Gasteiger partial charge is 0.393 e. The van der Waals surface area contributed by atoms with E-state index in [1.54, 1.807) is 0 Å². The first-order chi connectivity index (χ1) is 5.68. The minimum Gasteiger partial charge on any atom is -0.393 e. The monoisotopic (exact) mass is 166 g/mol. The lowest BCUT2D eigenvalue weighted by Gasteiger charge is -2.38. The predicted molar refractivity (Wildman–Crippen MR) is 45.7 cm³/mol. The summed E-state index contributed by atoms with van der Waals surface area (Å²) in [7, 11) is 1.92. The van der Waals surface area contributed by atoms with Crippen molar-refractivity contribution in [1.82, 2.24) is 9.78 Å². The van der Waals surface area contributed by atoms with E-state index in [0.717, 1.165) is 6.42 Å². The maximum atomic E-state index is 9.33. The number of aliphatic hydroxyl groups excluding tert-OH is 1. The smallest absolute Gasteiger partial charge is 0.0577 e. The summed E-state index contributed by atoms with van der Waals surface area (Å²) in [5.74, 6) is 0.919. The van der Waals surface area contributed by atoms with Crippen LogP contribution in [-0.2, 0) is 7.05 Å². The molecule has 1 aliphatic rings. The molecule has 0 amide bonds. The van der Waals surface area contributed by atoms with E-state index in [1.807, 2.05) is 24.1 Å². The zero-order chi connectivity index (χ0) is 8.72. The topological polar surface area (TPSA) is 38.1 Å². The van der Waals surface area contributed by atoms with E-state index in [2.05, 4.69) is 12.0 Å². The van der Waals surface area contributed by atoms with Gasteiger partial charge in [0.15, 0.2) is 0 Å². The Labute approximate surface area is 72.0 Å². The number of aromatic nitrogens is 2. The molecule has 1 aromatic rings. The van der Waals surface area contributed by atoms with Crippen molar-refractivity contribution in [2.75, 3.05) is 0 Å². The molecule has 66 valence electrons. The highest BCUT2D eigenvalue weighted by atomic mass is 16.3. The molecule has 0 spiro atoms. The molecule has 1 N–H and O–H groups in total. The van der Waals surface area contributed by atoms with Gasteiger partial charge in [-0.3, -0.25) is 4.68 Å². The van der Waals surface area contributed by atoms with Crippen LogP contribution in [0, 0.1) is 5.92 Å². The summed E-state index contributed by atoms with van der Waals surface area (Å²) in [5.41, 5.74) is 1.26. The zero-order valence-corrected chi connectivity index (χ0v) is 7.44. The highest BCUT2D eigenvalue weighted by Crippen LogP contribution is 2.41. The Morgan fingerprint density at radius 1 is 1.67 bits per heavy atom. The van der Waals surface area contributed by atoms with E-state index in [1.165, 1.54) is 5.56 Å². The second-order valence-electron chi connectivity index (χ2n) is 3.72. The van der Waals surface area contributed by atoms with E-state index in [0.29, 0.717) is 11.8 Å². The number of hydrogen-bond acceptors (Lipinski definition) is 2. The Bertz CT molecular complexity index is 282. The maximum absolute atomic E-state index is 9.33. The lowest BCUT2D eigenvalue weighted by molar-refractivity contribution is 0.0117. The molecule has 1 saturated carbocycles. The van der Waals surface area contributed by atoms with Crippen LogP contribution in [0.15, 0.2) is 12.4 Å². The fourth-order valence-electron chi connectivity index (χ4n) is 1.83. The quantitative estimate of drug-likeness (QED) is 0.673. The van der Waals surface area contributed by atoms with E-state index in [9.17, 15) is 5.11 Å². The number of hydrogen-bond donors (Lipinski definition) is 1. The van der Waals surface area contributed by atoms with Gasteiger partial charge in [-0.25, -0.2) is 0 Å². The average molecular weight is 166 g/mol. The number of aliphatic hydroxyl groups is 1. The summed E-state index contributed by atoms with van der Waals surface area (Å²) in [5, 5.41) is 13.4. The molecule has 2 rings (SSSR count). The molecule has 0 bridgehead atoms. The van der Waals surface area contributed by atoms with Crippen LogP contribution in [0.5, 0.6) is 0 Å². The number of rotatable bonds is 1. The van der Waals surface area contributed by atoms with Gasteiger partial charge in [-0.05, 0) is 23.8 Å². The van der Waals surface area contributed by atoms with Gasteiger partial charge >= 0.3 is 0 Å². The van der Waals surface area contributed by atoms with Crippen LogP contribution < -0.4 is 0 Å². The maximum Gasteiger partial charge on any atom is 0.0577 e. The van der Waals surface area contributed by atoms with Gasteiger partial charge < -0.3 is 5.11 Å². The van der Waals surface area contributed by atoms with Gasteiger partial charge in [-0.1, -0.05) is 6.92 Å². The standard InChI is InChI=1S/C9H14N2O/c1-6-8(3-9(6)12)7-4-10-11(2)5-7/h4-6,8-9,12H,3H2,1-2H3. The Morgan fingerprint density at radius 2 is 2.42 bits per heavy atom. The molecule has 3 atom stereocenters. The molecule has 0 aromatic carbocycles. The van der Waals surface area contributed by atoms with Gasteiger partial charge in [-0.2, -0.15) is 5.10 Å². The highest BCUT2D eigenvalue weighted by Gasteiger charge is 2.37. The zero-order valence-electron chi connectivity index (χ0n) is 7.44. The van der Waals surface area contributed by atoms with Gasteiger partial charge in [0.25, 0.3) is 0 Å². The molecule has 0 aliphatic heterocycles. The molecule has 0 radical (unpaired) electrons. The van der Waals surface area contributed by atoms with Crippen LogP contribution in [0.1, 0.15) is 24.8 Å². The predicted octanol–water partition coefficient (Wildman–Crippen LogP) is 0.904. The fraction of sp³-hybridized carbons (Fsp3) is 0.667. The molecule has 1 heterocycles. The molecule has 3 heteroatoms. The van der Waals surface area contributed by atoms with Crippen molar-refractivity contribution in [3.63, 3.8) is 0 Å². The van der Waals surface area contributed by atoms with E-state index in [4.69, 9.17) is 0 Å². The third-order valence-electron chi connectivity index (χ3n) is 2.89. The first-order valence-corrected chi connectivity index (χ1v) is 4.35. The van der Waals surface area contributed by atoms with Crippen molar-refractivity contribution in [1.29, 1.82) is 0 Å². The summed E-state index contributed by atoms with van der Waals surface area (Å²) in [6.07, 6.45) is 4.72. The molecule has 1 fully saturated rings. The summed E-state index contributed by atoms with van der Waals surface area (Å²) in [6, 6.07) is 0. The van der Waals surface area contributed by atoms with Crippen molar-refractivity contribution >= 4 is 0 Å². The first-order valence-electron chi connectivity index (χ1n) is 4.35. The third kappa shape index (κ3) is 1.05. The summed E-state index contributed by atoms with van der Waals surface area (Å²) in [6.45, 7) is 2.09. The van der Waals surface area contributed by atoms with E-state index < -0.39 is 0 Å². The summed E-state index contributed by atoms with van der Waals surface area (Å²) < 4.78 is 1.81. The van der Waals surface area contributed by atoms with Crippen LogP contribution in [-0.4, -0.2) is 21.0 Å². The molecule has 1 aliphatic carbocycles. The minimum absolute atomic E-state index is 0.102. The Kier molecular flexibility index (Phi) is 1.68. The van der Waals surface area contributed by atoms with Crippen LogP contribution in [0.2, 0.25) is 0 Å². The lowest BCUT2D eigenvalue weighted by Crippen LogP contribution is -2.37. The van der Waals surface area contributed by atoms with Gasteiger partial charge in [-0.15, -0.1) is 0 Å². The van der Waals surface area contributed by atoms with Crippen LogP contribution in [0.25, 0.3) is 0 Å². The van der Waals surface area contributed by atoms with Crippen molar-refractivity contribution in [2.24, 2.45) is 13.0 Å². The van der Waals surface area contributed by atoms with Crippen molar-refractivity contribution in [2.45, 2.75) is 25.4 Å². The van der Waals surface area contributed by atoms with Gasteiger partial charge in [0, 0.05) is 13.2 Å². The second-order valence-corrected chi connectivity index (χ2v) is 3.72.